The number of nitrogen functional groups attached to an aromatic ring is 1. The number of benzene rings is 2. The normalized spacial score (nSPS) is 21.3. The molecule has 1 saturated heterocycles. The van der Waals surface area contributed by atoms with Gasteiger partial charge in [-0.3, -0.25) is 4.90 Å². The Kier molecular flexibility index (Phi) is 6.58. The number of aromatic nitrogens is 1. The Morgan fingerprint density at radius 2 is 1.73 bits per heavy atom. The zero-order chi connectivity index (χ0) is 21.1. The van der Waals surface area contributed by atoms with E-state index in [2.05, 4.69) is 62.1 Å². The zero-order valence-electron chi connectivity index (χ0n) is 18.9. The lowest BCUT2D eigenvalue weighted by molar-refractivity contribution is 0.101. The largest absolute Gasteiger partial charge is 0.398 e. The third-order valence-electron chi connectivity index (χ3n) is 7.20. The lowest BCUT2D eigenvalue weighted by Crippen LogP contribution is -2.44. The maximum atomic E-state index is 6.72. The van der Waals surface area contributed by atoms with Crippen LogP contribution in [0.5, 0.6) is 0 Å². The van der Waals surface area contributed by atoms with Gasteiger partial charge in [0.15, 0.2) is 0 Å². The van der Waals surface area contributed by atoms with Gasteiger partial charge in [0.25, 0.3) is 0 Å². The summed E-state index contributed by atoms with van der Waals surface area (Å²) in [5, 5.41) is 2.25. The zero-order valence-corrected chi connectivity index (χ0v) is 18.9. The SMILES string of the molecule is CCC[C@@H](CCCN1[C@H](C)CCC[C@@H]1C)c1cccc2nc3ccccc3c(N)c12. The van der Waals surface area contributed by atoms with E-state index >= 15 is 0 Å². The van der Waals surface area contributed by atoms with Crippen LogP contribution in [0.25, 0.3) is 21.8 Å². The van der Waals surface area contributed by atoms with Crippen LogP contribution >= 0.6 is 0 Å². The van der Waals surface area contributed by atoms with Gasteiger partial charge in [-0.25, -0.2) is 4.98 Å². The minimum atomic E-state index is 0.541. The number of fused-ring (bicyclic) bond motifs is 2. The molecule has 2 aromatic carbocycles. The first kappa shape index (κ1) is 21.1. The van der Waals surface area contributed by atoms with Crippen LogP contribution in [0.1, 0.15) is 77.2 Å². The first-order valence-corrected chi connectivity index (χ1v) is 11.9. The van der Waals surface area contributed by atoms with E-state index in [0.717, 1.165) is 34.2 Å². The topological polar surface area (TPSA) is 42.2 Å². The number of para-hydroxylation sites is 1. The molecular formula is C27H37N3. The van der Waals surface area contributed by atoms with Gasteiger partial charge in [0.05, 0.1) is 16.7 Å². The summed E-state index contributed by atoms with van der Waals surface area (Å²) in [6, 6.07) is 16.3. The molecule has 3 heteroatoms. The van der Waals surface area contributed by atoms with E-state index in [9.17, 15) is 0 Å². The third kappa shape index (κ3) is 4.18. The Bertz CT molecular complexity index is 986. The molecule has 0 aliphatic carbocycles. The second-order valence-electron chi connectivity index (χ2n) is 9.28. The summed E-state index contributed by atoms with van der Waals surface area (Å²) in [7, 11) is 0. The number of rotatable bonds is 7. The van der Waals surface area contributed by atoms with Gasteiger partial charge in [-0.15, -0.1) is 0 Å². The van der Waals surface area contributed by atoms with Crippen molar-refractivity contribution in [1.82, 2.24) is 9.88 Å². The van der Waals surface area contributed by atoms with Crippen LogP contribution in [-0.4, -0.2) is 28.5 Å². The molecule has 3 aromatic rings. The number of pyridine rings is 1. The van der Waals surface area contributed by atoms with Crippen LogP contribution in [0.4, 0.5) is 5.69 Å². The molecule has 1 aromatic heterocycles. The number of nitrogens with zero attached hydrogens (tertiary/aromatic N) is 2. The van der Waals surface area contributed by atoms with Gasteiger partial charge in [0.1, 0.15) is 0 Å². The minimum Gasteiger partial charge on any atom is -0.398 e. The van der Waals surface area contributed by atoms with Crippen molar-refractivity contribution in [3.63, 3.8) is 0 Å². The van der Waals surface area contributed by atoms with E-state index in [4.69, 9.17) is 10.7 Å². The molecule has 2 heterocycles. The highest BCUT2D eigenvalue weighted by Crippen LogP contribution is 2.37. The Morgan fingerprint density at radius 1 is 1.00 bits per heavy atom. The molecule has 0 radical (unpaired) electrons. The highest BCUT2D eigenvalue weighted by Gasteiger charge is 2.25. The summed E-state index contributed by atoms with van der Waals surface area (Å²) in [6.07, 6.45) is 8.94. The molecule has 3 nitrogen and oxygen atoms in total. The number of likely N-dealkylation sites (tertiary alicyclic amines) is 1. The quantitative estimate of drug-likeness (QED) is 0.436. The fourth-order valence-corrected chi connectivity index (χ4v) is 5.59. The monoisotopic (exact) mass is 403 g/mol. The molecule has 160 valence electrons. The van der Waals surface area contributed by atoms with Gasteiger partial charge in [0.2, 0.25) is 0 Å². The summed E-state index contributed by atoms with van der Waals surface area (Å²) >= 11 is 0. The molecule has 0 unspecified atom stereocenters. The number of hydrogen-bond donors (Lipinski definition) is 1. The highest BCUT2D eigenvalue weighted by molar-refractivity contribution is 6.07. The van der Waals surface area contributed by atoms with Gasteiger partial charge >= 0.3 is 0 Å². The number of anilines is 1. The molecule has 3 atom stereocenters. The Hall–Kier alpha value is -2.13. The number of piperidine rings is 1. The average Bonchev–Trinajstić information content (AvgIpc) is 2.75. The fraction of sp³-hybridized carbons (Fsp3) is 0.519. The number of nitrogens with two attached hydrogens (primary N) is 1. The van der Waals surface area contributed by atoms with Gasteiger partial charge < -0.3 is 5.73 Å². The van der Waals surface area contributed by atoms with Crippen molar-refractivity contribution in [3.05, 3.63) is 48.0 Å². The summed E-state index contributed by atoms with van der Waals surface area (Å²) in [5.41, 5.74) is 11.0. The maximum Gasteiger partial charge on any atom is 0.0733 e. The van der Waals surface area contributed by atoms with Crippen molar-refractivity contribution in [2.75, 3.05) is 12.3 Å². The third-order valence-corrected chi connectivity index (χ3v) is 7.20. The number of hydrogen-bond acceptors (Lipinski definition) is 3. The predicted octanol–water partition coefficient (Wildman–Crippen LogP) is 6.90. The van der Waals surface area contributed by atoms with Crippen molar-refractivity contribution in [1.29, 1.82) is 0 Å². The van der Waals surface area contributed by atoms with Crippen LogP contribution in [0.15, 0.2) is 42.5 Å². The van der Waals surface area contributed by atoms with E-state index in [1.165, 1.54) is 62.4 Å². The van der Waals surface area contributed by atoms with Crippen LogP contribution < -0.4 is 5.73 Å². The van der Waals surface area contributed by atoms with E-state index in [-0.39, 0.29) is 0 Å². The Morgan fingerprint density at radius 3 is 2.50 bits per heavy atom. The Labute approximate surface area is 181 Å². The molecular weight excluding hydrogens is 366 g/mol. The van der Waals surface area contributed by atoms with E-state index < -0.39 is 0 Å². The maximum absolute atomic E-state index is 6.72. The molecule has 1 aliphatic heterocycles. The molecule has 0 bridgehead atoms. The van der Waals surface area contributed by atoms with Crippen molar-refractivity contribution in [2.45, 2.75) is 83.7 Å². The van der Waals surface area contributed by atoms with Crippen molar-refractivity contribution >= 4 is 27.5 Å². The summed E-state index contributed by atoms with van der Waals surface area (Å²) < 4.78 is 0. The van der Waals surface area contributed by atoms with E-state index in [1.807, 2.05) is 6.07 Å². The van der Waals surface area contributed by atoms with Gasteiger partial charge in [0, 0.05) is 22.9 Å². The molecule has 1 fully saturated rings. The van der Waals surface area contributed by atoms with Gasteiger partial charge in [-0.1, -0.05) is 50.1 Å². The van der Waals surface area contributed by atoms with Gasteiger partial charge in [-0.2, -0.15) is 0 Å². The summed E-state index contributed by atoms with van der Waals surface area (Å²) in [5.74, 6) is 0.541. The second kappa shape index (κ2) is 9.34. The molecule has 4 rings (SSSR count). The van der Waals surface area contributed by atoms with Crippen molar-refractivity contribution < 1.29 is 0 Å². The van der Waals surface area contributed by atoms with E-state index in [1.54, 1.807) is 0 Å². The average molecular weight is 404 g/mol. The summed E-state index contributed by atoms with van der Waals surface area (Å²) in [6.45, 7) is 8.32. The van der Waals surface area contributed by atoms with Crippen molar-refractivity contribution in [3.8, 4) is 0 Å². The molecule has 2 N–H and O–H groups in total. The standard InChI is InChI=1S/C27H37N3/c1-4-10-21(13-9-18-30-19(2)11-7-12-20(30)3)22-15-8-17-25-26(22)27(28)23-14-5-6-16-24(23)29-25/h5-6,8,14-17,19-21H,4,7,9-13,18H2,1-3H3,(H2,28,29)/t19-,20+,21-/m0/s1. The molecule has 0 saturated carbocycles. The van der Waals surface area contributed by atoms with Crippen LogP contribution in [0.2, 0.25) is 0 Å². The predicted molar refractivity (Wildman–Crippen MR) is 130 cm³/mol. The molecule has 0 amide bonds. The van der Waals surface area contributed by atoms with Crippen LogP contribution in [-0.2, 0) is 0 Å². The molecule has 0 spiro atoms. The lowest BCUT2D eigenvalue weighted by atomic mass is 9.86. The van der Waals surface area contributed by atoms with E-state index in [0.29, 0.717) is 5.92 Å². The first-order valence-electron chi connectivity index (χ1n) is 11.9. The lowest BCUT2D eigenvalue weighted by Gasteiger charge is -2.39. The molecule has 1 aliphatic rings. The first-order chi connectivity index (χ1) is 14.6. The minimum absolute atomic E-state index is 0.541. The fourth-order valence-electron chi connectivity index (χ4n) is 5.59. The second-order valence-corrected chi connectivity index (χ2v) is 9.28. The van der Waals surface area contributed by atoms with Crippen LogP contribution in [0.3, 0.4) is 0 Å². The molecule has 30 heavy (non-hydrogen) atoms. The summed E-state index contributed by atoms with van der Waals surface area (Å²) in [4.78, 5) is 7.66. The van der Waals surface area contributed by atoms with Crippen LogP contribution in [0, 0.1) is 0 Å². The Balaban J connectivity index is 1.61. The van der Waals surface area contributed by atoms with Gasteiger partial charge in [-0.05, 0) is 76.1 Å². The highest BCUT2D eigenvalue weighted by atomic mass is 15.2. The van der Waals surface area contributed by atoms with Crippen molar-refractivity contribution in [2.24, 2.45) is 0 Å². The smallest absolute Gasteiger partial charge is 0.0733 e.